The highest BCUT2D eigenvalue weighted by Gasteiger charge is 2.17. The van der Waals surface area contributed by atoms with Crippen molar-refractivity contribution in [1.82, 2.24) is 4.98 Å². The van der Waals surface area contributed by atoms with Crippen LogP contribution in [0.15, 0.2) is 30.5 Å². The van der Waals surface area contributed by atoms with Crippen LogP contribution in [0.5, 0.6) is 5.88 Å². The lowest BCUT2D eigenvalue weighted by Crippen LogP contribution is -2.14. The number of carbonyl (C=O) groups is 1. The van der Waals surface area contributed by atoms with E-state index in [1.807, 2.05) is 0 Å². The molecule has 2 aromatic rings. The average molecular weight is 322 g/mol. The van der Waals surface area contributed by atoms with E-state index in [4.69, 9.17) is 16.3 Å². The van der Waals surface area contributed by atoms with E-state index >= 15 is 0 Å². The van der Waals surface area contributed by atoms with E-state index in [2.05, 4.69) is 10.3 Å². The standard InChI is InChI=1S/C14H12ClN3O4/c1-8-5-6-16-14(22-2)12(8)17-13(19)9-3-4-11(18(20)21)10(15)7-9/h3-7H,1-2H3,(H,17,19). The molecule has 1 amide bonds. The second kappa shape index (κ2) is 6.40. The second-order valence-electron chi connectivity index (χ2n) is 4.39. The molecule has 0 atom stereocenters. The Balaban J connectivity index is 2.31. The van der Waals surface area contributed by atoms with Crippen molar-refractivity contribution in [3.63, 3.8) is 0 Å². The van der Waals surface area contributed by atoms with E-state index in [1.54, 1.807) is 19.2 Å². The summed E-state index contributed by atoms with van der Waals surface area (Å²) in [7, 11) is 1.44. The first-order valence-electron chi connectivity index (χ1n) is 6.19. The zero-order valence-corrected chi connectivity index (χ0v) is 12.5. The van der Waals surface area contributed by atoms with E-state index < -0.39 is 10.8 Å². The molecule has 0 saturated carbocycles. The summed E-state index contributed by atoms with van der Waals surface area (Å²) in [5.74, 6) is -0.187. The lowest BCUT2D eigenvalue weighted by atomic mass is 10.1. The molecule has 8 heteroatoms. The number of ether oxygens (including phenoxy) is 1. The minimum Gasteiger partial charge on any atom is -0.480 e. The third-order valence-corrected chi connectivity index (χ3v) is 3.27. The monoisotopic (exact) mass is 321 g/mol. The Morgan fingerprint density at radius 1 is 1.41 bits per heavy atom. The first-order valence-corrected chi connectivity index (χ1v) is 6.56. The van der Waals surface area contributed by atoms with Gasteiger partial charge in [-0.3, -0.25) is 14.9 Å². The highest BCUT2D eigenvalue weighted by molar-refractivity contribution is 6.33. The number of anilines is 1. The smallest absolute Gasteiger partial charge is 0.287 e. The summed E-state index contributed by atoms with van der Waals surface area (Å²) in [6.07, 6.45) is 1.56. The number of aromatic nitrogens is 1. The predicted octanol–water partition coefficient (Wildman–Crippen LogP) is 3.21. The van der Waals surface area contributed by atoms with Gasteiger partial charge in [-0.2, -0.15) is 0 Å². The van der Waals surface area contributed by atoms with Crippen LogP contribution in [0.2, 0.25) is 5.02 Å². The summed E-state index contributed by atoms with van der Waals surface area (Å²) >= 11 is 5.80. The Morgan fingerprint density at radius 3 is 2.73 bits per heavy atom. The first-order chi connectivity index (χ1) is 10.4. The van der Waals surface area contributed by atoms with Gasteiger partial charge in [0.25, 0.3) is 11.6 Å². The number of halogens is 1. The molecule has 1 N–H and O–H groups in total. The lowest BCUT2D eigenvalue weighted by molar-refractivity contribution is -0.384. The van der Waals surface area contributed by atoms with Gasteiger partial charge in [-0.05, 0) is 30.7 Å². The molecule has 0 unspecified atom stereocenters. The van der Waals surface area contributed by atoms with Gasteiger partial charge in [0.05, 0.1) is 12.0 Å². The number of carbonyl (C=O) groups excluding carboxylic acids is 1. The summed E-state index contributed by atoms with van der Waals surface area (Å²) in [5.41, 5.74) is 1.15. The maximum atomic E-state index is 12.2. The SMILES string of the molecule is COc1nccc(C)c1NC(=O)c1ccc([N+](=O)[O-])c(Cl)c1. The van der Waals surface area contributed by atoms with Crippen molar-refractivity contribution in [3.05, 3.63) is 56.7 Å². The molecule has 7 nitrogen and oxygen atoms in total. The lowest BCUT2D eigenvalue weighted by Gasteiger charge is -2.11. The van der Waals surface area contributed by atoms with Gasteiger partial charge in [-0.25, -0.2) is 4.98 Å². The van der Waals surface area contributed by atoms with E-state index in [0.717, 1.165) is 5.56 Å². The molecular formula is C14H12ClN3O4. The topological polar surface area (TPSA) is 94.4 Å². The molecule has 0 aliphatic carbocycles. The number of nitrogens with one attached hydrogen (secondary N) is 1. The van der Waals surface area contributed by atoms with Crippen molar-refractivity contribution >= 4 is 28.9 Å². The van der Waals surface area contributed by atoms with Crippen LogP contribution in [0.4, 0.5) is 11.4 Å². The van der Waals surface area contributed by atoms with Gasteiger partial charge >= 0.3 is 0 Å². The average Bonchev–Trinajstić information content (AvgIpc) is 2.48. The molecule has 0 aliphatic heterocycles. The molecule has 0 aliphatic rings. The van der Waals surface area contributed by atoms with Gasteiger partial charge in [0.15, 0.2) is 0 Å². The minimum absolute atomic E-state index is 0.104. The van der Waals surface area contributed by atoms with Crippen molar-refractivity contribution in [2.75, 3.05) is 12.4 Å². The number of nitrogens with zero attached hydrogens (tertiary/aromatic N) is 2. The number of nitro groups is 1. The van der Waals surface area contributed by atoms with Crippen LogP contribution in [0.25, 0.3) is 0 Å². The molecule has 0 spiro atoms. The van der Waals surface area contributed by atoms with Crippen LogP contribution in [0.3, 0.4) is 0 Å². The van der Waals surface area contributed by atoms with E-state index in [-0.39, 0.29) is 22.2 Å². The molecule has 2 rings (SSSR count). The summed E-state index contributed by atoms with van der Waals surface area (Å²) in [5, 5.41) is 13.3. The Hall–Kier alpha value is -2.67. The number of benzene rings is 1. The van der Waals surface area contributed by atoms with Gasteiger partial charge in [-0.1, -0.05) is 11.6 Å². The third kappa shape index (κ3) is 3.15. The number of hydrogen-bond acceptors (Lipinski definition) is 5. The number of pyridine rings is 1. The highest BCUT2D eigenvalue weighted by Crippen LogP contribution is 2.28. The fraction of sp³-hybridized carbons (Fsp3) is 0.143. The molecule has 22 heavy (non-hydrogen) atoms. The highest BCUT2D eigenvalue weighted by atomic mass is 35.5. The van der Waals surface area contributed by atoms with E-state index in [9.17, 15) is 14.9 Å². The fourth-order valence-corrected chi connectivity index (χ4v) is 2.07. The Bertz CT molecular complexity index is 749. The maximum absolute atomic E-state index is 12.2. The number of amides is 1. The van der Waals surface area contributed by atoms with Crippen LogP contribution in [-0.2, 0) is 0 Å². The molecule has 0 radical (unpaired) electrons. The van der Waals surface area contributed by atoms with Crippen LogP contribution in [0.1, 0.15) is 15.9 Å². The molecule has 0 bridgehead atoms. The van der Waals surface area contributed by atoms with Crippen molar-refractivity contribution in [2.24, 2.45) is 0 Å². The maximum Gasteiger partial charge on any atom is 0.287 e. The van der Waals surface area contributed by atoms with E-state index in [0.29, 0.717) is 5.69 Å². The molecule has 114 valence electrons. The molecule has 0 saturated heterocycles. The number of aryl methyl sites for hydroxylation is 1. The normalized spacial score (nSPS) is 10.1. The van der Waals surface area contributed by atoms with Crippen molar-refractivity contribution in [2.45, 2.75) is 6.92 Å². The van der Waals surface area contributed by atoms with Crippen molar-refractivity contribution in [1.29, 1.82) is 0 Å². The number of hydrogen-bond donors (Lipinski definition) is 1. The van der Waals surface area contributed by atoms with Gasteiger partial charge in [-0.15, -0.1) is 0 Å². The Kier molecular flexibility index (Phi) is 4.57. The largest absolute Gasteiger partial charge is 0.480 e. The van der Waals surface area contributed by atoms with Gasteiger partial charge in [0, 0.05) is 17.8 Å². The Morgan fingerprint density at radius 2 is 2.14 bits per heavy atom. The fourth-order valence-electron chi connectivity index (χ4n) is 1.82. The summed E-state index contributed by atoms with van der Waals surface area (Å²) in [6, 6.07) is 5.48. The molecule has 1 aromatic carbocycles. The van der Waals surface area contributed by atoms with Crippen LogP contribution in [-0.4, -0.2) is 22.9 Å². The number of methoxy groups -OCH3 is 1. The molecule has 0 fully saturated rings. The van der Waals surface area contributed by atoms with Crippen molar-refractivity contribution < 1.29 is 14.5 Å². The van der Waals surface area contributed by atoms with Gasteiger partial charge in [0.2, 0.25) is 5.88 Å². The molecular weight excluding hydrogens is 310 g/mol. The summed E-state index contributed by atoms with van der Waals surface area (Å²) in [6.45, 7) is 1.79. The van der Waals surface area contributed by atoms with Crippen molar-refractivity contribution in [3.8, 4) is 5.88 Å². The second-order valence-corrected chi connectivity index (χ2v) is 4.80. The molecule has 1 aromatic heterocycles. The zero-order valence-electron chi connectivity index (χ0n) is 11.8. The Labute approximate surface area is 131 Å². The zero-order chi connectivity index (χ0) is 16.3. The first kappa shape index (κ1) is 15.7. The molecule has 1 heterocycles. The quantitative estimate of drug-likeness (QED) is 0.689. The summed E-state index contributed by atoms with van der Waals surface area (Å²) < 4.78 is 5.10. The minimum atomic E-state index is -0.613. The van der Waals surface area contributed by atoms with E-state index in [1.165, 1.54) is 25.3 Å². The number of nitro benzene ring substituents is 1. The van der Waals surface area contributed by atoms with Crippen LogP contribution in [0, 0.1) is 17.0 Å². The summed E-state index contributed by atoms with van der Waals surface area (Å²) in [4.78, 5) is 26.4. The van der Waals surface area contributed by atoms with Gasteiger partial charge in [0.1, 0.15) is 10.7 Å². The van der Waals surface area contributed by atoms with Gasteiger partial charge < -0.3 is 10.1 Å². The predicted molar refractivity (Wildman–Crippen MR) is 81.6 cm³/mol. The third-order valence-electron chi connectivity index (χ3n) is 2.96. The number of rotatable bonds is 4. The van der Waals surface area contributed by atoms with Crippen LogP contribution < -0.4 is 10.1 Å². The van der Waals surface area contributed by atoms with Crippen LogP contribution >= 0.6 is 11.6 Å².